The number of benzene rings is 2. The van der Waals surface area contributed by atoms with Crippen molar-refractivity contribution in [1.82, 2.24) is 0 Å². The van der Waals surface area contributed by atoms with Gasteiger partial charge in [-0.15, -0.1) is 0 Å². The summed E-state index contributed by atoms with van der Waals surface area (Å²) in [7, 11) is 0. The molecular formula is C13H9BrClF2N. The first-order valence-corrected chi connectivity index (χ1v) is 6.31. The number of hydrogen-bond donors (Lipinski definition) is 1. The van der Waals surface area contributed by atoms with Crippen molar-refractivity contribution in [2.75, 3.05) is 0 Å². The Kier molecular flexibility index (Phi) is 4.00. The highest BCUT2D eigenvalue weighted by molar-refractivity contribution is 9.10. The highest BCUT2D eigenvalue weighted by Crippen LogP contribution is 2.30. The van der Waals surface area contributed by atoms with Crippen molar-refractivity contribution in [2.24, 2.45) is 5.73 Å². The monoisotopic (exact) mass is 331 g/mol. The average molecular weight is 333 g/mol. The maximum atomic E-state index is 13.7. The van der Waals surface area contributed by atoms with Gasteiger partial charge in [-0.2, -0.15) is 0 Å². The Balaban J connectivity index is 2.50. The van der Waals surface area contributed by atoms with Crippen LogP contribution in [0.1, 0.15) is 17.2 Å². The molecule has 0 aromatic heterocycles. The molecule has 1 nitrogen and oxygen atoms in total. The van der Waals surface area contributed by atoms with Crippen molar-refractivity contribution in [2.45, 2.75) is 6.04 Å². The van der Waals surface area contributed by atoms with Gasteiger partial charge in [0.1, 0.15) is 11.6 Å². The molecule has 0 aliphatic heterocycles. The smallest absolute Gasteiger partial charge is 0.128 e. The molecule has 0 fully saturated rings. The lowest BCUT2D eigenvalue weighted by atomic mass is 9.99. The Labute approximate surface area is 117 Å². The van der Waals surface area contributed by atoms with Gasteiger partial charge in [-0.05, 0) is 42.0 Å². The molecule has 0 aliphatic rings. The summed E-state index contributed by atoms with van der Waals surface area (Å²) in [6.45, 7) is 0. The second kappa shape index (κ2) is 5.34. The molecule has 0 bridgehead atoms. The molecule has 1 atom stereocenters. The van der Waals surface area contributed by atoms with E-state index in [2.05, 4.69) is 15.9 Å². The fourth-order valence-corrected chi connectivity index (χ4v) is 2.29. The minimum Gasteiger partial charge on any atom is -0.320 e. The van der Waals surface area contributed by atoms with Crippen LogP contribution in [0.3, 0.4) is 0 Å². The van der Waals surface area contributed by atoms with E-state index in [1.807, 2.05) is 0 Å². The van der Waals surface area contributed by atoms with Crippen LogP contribution < -0.4 is 5.73 Å². The first-order chi connectivity index (χ1) is 8.49. The van der Waals surface area contributed by atoms with Crippen molar-refractivity contribution in [3.63, 3.8) is 0 Å². The van der Waals surface area contributed by atoms with Crippen LogP contribution in [-0.2, 0) is 0 Å². The molecule has 1 unspecified atom stereocenters. The first kappa shape index (κ1) is 13.5. The molecule has 0 aliphatic carbocycles. The van der Waals surface area contributed by atoms with E-state index in [4.69, 9.17) is 17.3 Å². The van der Waals surface area contributed by atoms with Crippen molar-refractivity contribution in [3.05, 3.63) is 68.7 Å². The van der Waals surface area contributed by atoms with Crippen LogP contribution in [0.2, 0.25) is 5.02 Å². The van der Waals surface area contributed by atoms with Crippen LogP contribution in [0, 0.1) is 11.6 Å². The lowest BCUT2D eigenvalue weighted by Crippen LogP contribution is -2.14. The predicted octanol–water partition coefficient (Wildman–Crippen LogP) is 4.43. The van der Waals surface area contributed by atoms with E-state index < -0.39 is 17.7 Å². The third kappa shape index (κ3) is 2.71. The summed E-state index contributed by atoms with van der Waals surface area (Å²) in [6.07, 6.45) is 0. The molecule has 0 spiro atoms. The van der Waals surface area contributed by atoms with Crippen LogP contribution in [0.5, 0.6) is 0 Å². The van der Waals surface area contributed by atoms with Gasteiger partial charge in [0.05, 0.1) is 6.04 Å². The van der Waals surface area contributed by atoms with Gasteiger partial charge in [0.15, 0.2) is 0 Å². The molecule has 0 saturated heterocycles. The fourth-order valence-electron chi connectivity index (χ4n) is 1.67. The number of rotatable bonds is 2. The average Bonchev–Trinajstić information content (AvgIpc) is 2.34. The van der Waals surface area contributed by atoms with E-state index in [0.717, 1.165) is 0 Å². The van der Waals surface area contributed by atoms with Crippen LogP contribution >= 0.6 is 27.5 Å². The highest BCUT2D eigenvalue weighted by Gasteiger charge is 2.17. The predicted molar refractivity (Wildman–Crippen MR) is 71.5 cm³/mol. The summed E-state index contributed by atoms with van der Waals surface area (Å²) in [5.74, 6) is -0.911. The molecule has 5 heteroatoms. The molecule has 0 radical (unpaired) electrons. The Morgan fingerprint density at radius 1 is 1.06 bits per heavy atom. The van der Waals surface area contributed by atoms with Gasteiger partial charge in [0.25, 0.3) is 0 Å². The van der Waals surface area contributed by atoms with Crippen LogP contribution in [0.4, 0.5) is 8.78 Å². The van der Waals surface area contributed by atoms with E-state index in [1.54, 1.807) is 12.1 Å². The molecule has 0 amide bonds. The van der Waals surface area contributed by atoms with Crippen molar-refractivity contribution in [1.29, 1.82) is 0 Å². The summed E-state index contributed by atoms with van der Waals surface area (Å²) in [4.78, 5) is 0. The minimum atomic E-state index is -0.814. The normalized spacial score (nSPS) is 12.5. The zero-order valence-corrected chi connectivity index (χ0v) is 11.5. The largest absolute Gasteiger partial charge is 0.320 e. The summed E-state index contributed by atoms with van der Waals surface area (Å²) in [5, 5.41) is 0.309. The van der Waals surface area contributed by atoms with E-state index >= 15 is 0 Å². The van der Waals surface area contributed by atoms with Gasteiger partial charge >= 0.3 is 0 Å². The van der Waals surface area contributed by atoms with E-state index in [-0.39, 0.29) is 5.56 Å². The maximum absolute atomic E-state index is 13.7. The second-order valence-electron chi connectivity index (χ2n) is 3.81. The Bertz CT molecular complexity index is 538. The second-order valence-corrected chi connectivity index (χ2v) is 5.13. The van der Waals surface area contributed by atoms with Crippen molar-refractivity contribution >= 4 is 27.5 Å². The lowest BCUT2D eigenvalue weighted by Gasteiger charge is -2.15. The van der Waals surface area contributed by atoms with Gasteiger partial charge in [-0.3, -0.25) is 0 Å². The van der Waals surface area contributed by atoms with E-state index in [0.29, 0.717) is 15.1 Å². The third-order valence-corrected chi connectivity index (χ3v) is 3.42. The minimum absolute atomic E-state index is 0.261. The zero-order valence-electron chi connectivity index (χ0n) is 9.13. The molecule has 2 rings (SSSR count). The van der Waals surface area contributed by atoms with Crippen molar-refractivity contribution in [3.8, 4) is 0 Å². The standard InChI is InChI=1S/C13H9BrClF2N/c14-7-1-4-12(17)10(5-7)13(18)9-6-8(16)2-3-11(9)15/h1-6,13H,18H2. The fraction of sp³-hybridized carbons (Fsp3) is 0.0769. The van der Waals surface area contributed by atoms with Gasteiger partial charge in [-0.1, -0.05) is 27.5 Å². The molecule has 18 heavy (non-hydrogen) atoms. The highest BCUT2D eigenvalue weighted by atomic mass is 79.9. The number of hydrogen-bond acceptors (Lipinski definition) is 1. The first-order valence-electron chi connectivity index (χ1n) is 5.14. The van der Waals surface area contributed by atoms with Gasteiger partial charge in [0, 0.05) is 15.1 Å². The van der Waals surface area contributed by atoms with Crippen LogP contribution in [0.15, 0.2) is 40.9 Å². The number of halogens is 4. The maximum Gasteiger partial charge on any atom is 0.128 e. The number of nitrogens with two attached hydrogens (primary N) is 1. The third-order valence-electron chi connectivity index (χ3n) is 2.59. The summed E-state index contributed by atoms with van der Waals surface area (Å²) in [6, 6.07) is 7.46. The quantitative estimate of drug-likeness (QED) is 0.865. The summed E-state index contributed by atoms with van der Waals surface area (Å²) in [5.41, 5.74) is 6.56. The van der Waals surface area contributed by atoms with Crippen molar-refractivity contribution < 1.29 is 8.78 Å². The Hall–Kier alpha value is -0.970. The van der Waals surface area contributed by atoms with Gasteiger partial charge in [-0.25, -0.2) is 8.78 Å². The van der Waals surface area contributed by atoms with E-state index in [1.165, 1.54) is 24.3 Å². The molecule has 2 aromatic rings. The Morgan fingerprint density at radius 2 is 1.78 bits per heavy atom. The van der Waals surface area contributed by atoms with Crippen LogP contribution in [0.25, 0.3) is 0 Å². The SMILES string of the molecule is NC(c1cc(Br)ccc1F)c1cc(F)ccc1Cl. The topological polar surface area (TPSA) is 26.0 Å². The van der Waals surface area contributed by atoms with Crippen LogP contribution in [-0.4, -0.2) is 0 Å². The molecule has 2 aromatic carbocycles. The van der Waals surface area contributed by atoms with E-state index in [9.17, 15) is 8.78 Å². The molecule has 0 saturated carbocycles. The molecule has 2 N–H and O–H groups in total. The summed E-state index contributed by atoms with van der Waals surface area (Å²) >= 11 is 9.19. The van der Waals surface area contributed by atoms with Gasteiger partial charge in [0.2, 0.25) is 0 Å². The molecule has 0 heterocycles. The summed E-state index contributed by atoms with van der Waals surface area (Å²) < 4.78 is 27.6. The zero-order chi connectivity index (χ0) is 13.3. The molecular weight excluding hydrogens is 324 g/mol. The Morgan fingerprint density at radius 3 is 2.50 bits per heavy atom. The molecule has 94 valence electrons. The lowest BCUT2D eigenvalue weighted by molar-refractivity contribution is 0.595. The van der Waals surface area contributed by atoms with Gasteiger partial charge < -0.3 is 5.73 Å².